The molecule has 25 heavy (non-hydrogen) atoms. The molecule has 3 aromatic rings. The quantitative estimate of drug-likeness (QED) is 0.774. The average molecular weight is 333 g/mol. The average Bonchev–Trinajstić information content (AvgIpc) is 3.12. The first-order valence-electron chi connectivity index (χ1n) is 8.34. The van der Waals surface area contributed by atoms with Crippen molar-refractivity contribution < 1.29 is 9.90 Å². The summed E-state index contributed by atoms with van der Waals surface area (Å²) >= 11 is 0. The molecular weight excluding hydrogens is 314 g/mol. The van der Waals surface area contributed by atoms with E-state index in [0.717, 1.165) is 17.0 Å². The van der Waals surface area contributed by atoms with E-state index in [9.17, 15) is 9.90 Å². The molecule has 0 aliphatic carbocycles. The van der Waals surface area contributed by atoms with Crippen LogP contribution in [0.2, 0.25) is 0 Å². The molecular formula is C20H19N3O2. The summed E-state index contributed by atoms with van der Waals surface area (Å²) in [5, 5.41) is 9.93. The molecule has 1 aliphatic heterocycles. The van der Waals surface area contributed by atoms with Crippen LogP contribution < -0.4 is 0 Å². The molecule has 1 atom stereocenters. The second-order valence-corrected chi connectivity index (χ2v) is 6.31. The highest BCUT2D eigenvalue weighted by Crippen LogP contribution is 2.32. The van der Waals surface area contributed by atoms with Gasteiger partial charge in [0, 0.05) is 18.0 Å². The number of carbonyl (C=O) groups is 1. The monoisotopic (exact) mass is 333 g/mol. The molecule has 4 rings (SSSR count). The molecule has 2 aromatic carbocycles. The van der Waals surface area contributed by atoms with Crippen molar-refractivity contribution in [2.24, 2.45) is 0 Å². The van der Waals surface area contributed by atoms with Gasteiger partial charge in [0.2, 0.25) is 5.91 Å². The number of benzene rings is 2. The fourth-order valence-electron chi connectivity index (χ4n) is 3.39. The van der Waals surface area contributed by atoms with Crippen molar-refractivity contribution in [2.45, 2.75) is 18.9 Å². The van der Waals surface area contributed by atoms with Gasteiger partial charge < -0.3 is 15.0 Å². The number of imidazole rings is 1. The zero-order chi connectivity index (χ0) is 17.2. The Balaban J connectivity index is 1.60. The number of carbonyl (C=O) groups excluding carboxylic acids is 1. The van der Waals surface area contributed by atoms with Gasteiger partial charge >= 0.3 is 0 Å². The van der Waals surface area contributed by atoms with Gasteiger partial charge in [0.15, 0.2) is 0 Å². The number of phenols is 1. The predicted octanol–water partition coefficient (Wildman–Crippen LogP) is 2.83. The second-order valence-electron chi connectivity index (χ2n) is 6.31. The molecule has 0 saturated carbocycles. The van der Waals surface area contributed by atoms with Gasteiger partial charge in [-0.25, -0.2) is 4.98 Å². The van der Waals surface area contributed by atoms with Crippen LogP contribution in [0, 0.1) is 0 Å². The van der Waals surface area contributed by atoms with Crippen molar-refractivity contribution in [3.05, 3.63) is 83.4 Å². The standard InChI is InChI=1S/C20H19N3O2/c24-18-9-5-4-8-15(18)10-19(25)23-11-16(14-6-2-1-3-7-14)20-17(12-23)21-13-22-20/h1-9,13,16,24H,10-12H2,(H,21,22). The summed E-state index contributed by atoms with van der Waals surface area (Å²) in [6, 6.07) is 17.1. The Morgan fingerprint density at radius 3 is 2.72 bits per heavy atom. The number of H-pyrrole nitrogens is 1. The maximum atomic E-state index is 12.8. The number of phenolic OH excluding ortho intramolecular Hbond substituents is 1. The third-order valence-electron chi connectivity index (χ3n) is 4.72. The van der Waals surface area contributed by atoms with Crippen molar-refractivity contribution in [1.82, 2.24) is 14.9 Å². The molecule has 5 heteroatoms. The first kappa shape index (κ1) is 15.4. The summed E-state index contributed by atoms with van der Waals surface area (Å²) in [5.74, 6) is 0.224. The fourth-order valence-corrected chi connectivity index (χ4v) is 3.39. The Labute approximate surface area is 146 Å². The summed E-state index contributed by atoms with van der Waals surface area (Å²) < 4.78 is 0. The zero-order valence-electron chi connectivity index (χ0n) is 13.7. The summed E-state index contributed by atoms with van der Waals surface area (Å²) in [6.07, 6.45) is 1.88. The number of hydrogen-bond donors (Lipinski definition) is 2. The smallest absolute Gasteiger partial charge is 0.227 e. The van der Waals surface area contributed by atoms with E-state index in [1.807, 2.05) is 29.2 Å². The van der Waals surface area contributed by atoms with E-state index < -0.39 is 0 Å². The molecule has 0 radical (unpaired) electrons. The number of rotatable bonds is 3. The van der Waals surface area contributed by atoms with Crippen LogP contribution >= 0.6 is 0 Å². The summed E-state index contributed by atoms with van der Waals surface area (Å²) in [5.41, 5.74) is 3.79. The van der Waals surface area contributed by atoms with Gasteiger partial charge in [-0.05, 0) is 11.6 Å². The van der Waals surface area contributed by atoms with Crippen LogP contribution in [0.1, 0.15) is 28.4 Å². The van der Waals surface area contributed by atoms with Crippen molar-refractivity contribution in [3.8, 4) is 5.75 Å². The fraction of sp³-hybridized carbons (Fsp3) is 0.200. The molecule has 0 saturated heterocycles. The van der Waals surface area contributed by atoms with Gasteiger partial charge in [-0.3, -0.25) is 4.79 Å². The lowest BCUT2D eigenvalue weighted by Gasteiger charge is -2.32. The number of aromatic nitrogens is 2. The van der Waals surface area contributed by atoms with Crippen molar-refractivity contribution in [2.75, 3.05) is 6.54 Å². The summed E-state index contributed by atoms with van der Waals surface area (Å²) in [7, 11) is 0. The normalized spacial score (nSPS) is 16.5. The van der Waals surface area contributed by atoms with Crippen LogP contribution in [0.4, 0.5) is 0 Å². The van der Waals surface area contributed by atoms with Crippen LogP contribution in [0.5, 0.6) is 5.75 Å². The molecule has 0 fully saturated rings. The molecule has 1 unspecified atom stereocenters. The Bertz CT molecular complexity index is 889. The Hall–Kier alpha value is -3.08. The maximum Gasteiger partial charge on any atom is 0.227 e. The van der Waals surface area contributed by atoms with Crippen LogP contribution in [-0.2, 0) is 17.8 Å². The molecule has 5 nitrogen and oxygen atoms in total. The number of nitrogens with zero attached hydrogens (tertiary/aromatic N) is 2. The predicted molar refractivity (Wildman–Crippen MR) is 94.1 cm³/mol. The summed E-state index contributed by atoms with van der Waals surface area (Å²) in [6.45, 7) is 1.11. The number of nitrogens with one attached hydrogen (secondary N) is 1. The third kappa shape index (κ3) is 3.01. The van der Waals surface area contributed by atoms with Crippen LogP contribution in [0.15, 0.2) is 60.9 Å². The highest BCUT2D eigenvalue weighted by Gasteiger charge is 2.31. The van der Waals surface area contributed by atoms with Gasteiger partial charge in [-0.15, -0.1) is 0 Å². The molecule has 2 heterocycles. The minimum absolute atomic E-state index is 0.00248. The van der Waals surface area contributed by atoms with E-state index in [2.05, 4.69) is 22.1 Å². The molecule has 0 bridgehead atoms. The first-order valence-corrected chi connectivity index (χ1v) is 8.34. The maximum absolute atomic E-state index is 12.8. The first-order chi connectivity index (χ1) is 12.2. The van der Waals surface area contributed by atoms with Crippen molar-refractivity contribution in [3.63, 3.8) is 0 Å². The van der Waals surface area contributed by atoms with Gasteiger partial charge in [0.05, 0.1) is 30.7 Å². The second kappa shape index (κ2) is 6.43. The van der Waals surface area contributed by atoms with Crippen molar-refractivity contribution >= 4 is 5.91 Å². The van der Waals surface area contributed by atoms with Crippen molar-refractivity contribution in [1.29, 1.82) is 0 Å². The van der Waals surface area contributed by atoms with E-state index in [1.54, 1.807) is 24.5 Å². The molecule has 1 aromatic heterocycles. The number of para-hydroxylation sites is 1. The molecule has 0 spiro atoms. The molecule has 1 aliphatic rings. The molecule has 1 amide bonds. The number of fused-ring (bicyclic) bond motifs is 1. The number of hydrogen-bond acceptors (Lipinski definition) is 3. The number of amides is 1. The Morgan fingerprint density at radius 2 is 1.92 bits per heavy atom. The lowest BCUT2D eigenvalue weighted by molar-refractivity contribution is -0.131. The molecule has 126 valence electrons. The van der Waals surface area contributed by atoms with Crippen LogP contribution in [0.3, 0.4) is 0 Å². The molecule has 2 N–H and O–H groups in total. The Morgan fingerprint density at radius 1 is 1.16 bits per heavy atom. The lowest BCUT2D eigenvalue weighted by atomic mass is 9.90. The van der Waals surface area contributed by atoms with Gasteiger partial charge in [0.25, 0.3) is 0 Å². The van der Waals surface area contributed by atoms with Crippen LogP contribution in [-0.4, -0.2) is 32.4 Å². The van der Waals surface area contributed by atoms with E-state index in [-0.39, 0.29) is 24.0 Å². The largest absolute Gasteiger partial charge is 0.508 e. The third-order valence-corrected chi connectivity index (χ3v) is 4.72. The number of aromatic amines is 1. The summed E-state index contributed by atoms with van der Waals surface area (Å²) in [4.78, 5) is 22.3. The van der Waals surface area contributed by atoms with Crippen LogP contribution in [0.25, 0.3) is 0 Å². The van der Waals surface area contributed by atoms with E-state index in [1.165, 1.54) is 0 Å². The van der Waals surface area contributed by atoms with E-state index >= 15 is 0 Å². The SMILES string of the molecule is O=C(Cc1ccccc1O)N1Cc2[nH]cnc2C(c2ccccc2)C1. The minimum atomic E-state index is 0.00248. The highest BCUT2D eigenvalue weighted by atomic mass is 16.3. The van der Waals surface area contributed by atoms with Gasteiger partial charge in [0.1, 0.15) is 5.75 Å². The minimum Gasteiger partial charge on any atom is -0.508 e. The van der Waals surface area contributed by atoms with Gasteiger partial charge in [-0.2, -0.15) is 0 Å². The topological polar surface area (TPSA) is 69.2 Å². The van der Waals surface area contributed by atoms with E-state index in [4.69, 9.17) is 0 Å². The Kier molecular flexibility index (Phi) is 3.98. The zero-order valence-corrected chi connectivity index (χ0v) is 13.7. The number of aromatic hydroxyl groups is 1. The lowest BCUT2D eigenvalue weighted by Crippen LogP contribution is -2.39. The van der Waals surface area contributed by atoms with E-state index in [0.29, 0.717) is 18.7 Å². The highest BCUT2D eigenvalue weighted by molar-refractivity contribution is 5.80. The van der Waals surface area contributed by atoms with Gasteiger partial charge in [-0.1, -0.05) is 48.5 Å².